The van der Waals surface area contributed by atoms with Crippen LogP contribution < -0.4 is 10.6 Å². The first-order valence-electron chi connectivity index (χ1n) is 11.7. The lowest BCUT2D eigenvalue weighted by molar-refractivity contribution is 0.0955. The number of carbonyl (C=O) groups is 1. The SMILES string of the molecule is O=C(NCCNc1cc(-c2cn(-c3ccccc3)nc2-c2cccc(O)c2)ccn1)c1ccccc1. The van der Waals surface area contributed by atoms with Crippen molar-refractivity contribution in [3.05, 3.63) is 115 Å². The predicted octanol–water partition coefficient (Wildman–Crippen LogP) is 5.15. The van der Waals surface area contributed by atoms with E-state index in [2.05, 4.69) is 15.6 Å². The number of anilines is 1. The summed E-state index contributed by atoms with van der Waals surface area (Å²) in [5.41, 5.74) is 4.98. The average molecular weight is 476 g/mol. The highest BCUT2D eigenvalue weighted by molar-refractivity contribution is 5.94. The number of hydrogen-bond donors (Lipinski definition) is 3. The van der Waals surface area contributed by atoms with Crippen LogP contribution in [0.15, 0.2) is 109 Å². The molecule has 5 rings (SSSR count). The Morgan fingerprint density at radius 3 is 2.39 bits per heavy atom. The second-order valence-electron chi connectivity index (χ2n) is 8.20. The fraction of sp³-hybridized carbons (Fsp3) is 0.0690. The van der Waals surface area contributed by atoms with Crippen molar-refractivity contribution >= 4 is 11.7 Å². The first-order valence-corrected chi connectivity index (χ1v) is 11.7. The Kier molecular flexibility index (Phi) is 6.71. The van der Waals surface area contributed by atoms with Crippen molar-refractivity contribution in [1.82, 2.24) is 20.1 Å². The number of para-hydroxylation sites is 1. The summed E-state index contributed by atoms with van der Waals surface area (Å²) in [7, 11) is 0. The summed E-state index contributed by atoms with van der Waals surface area (Å²) in [6, 6.07) is 30.0. The summed E-state index contributed by atoms with van der Waals surface area (Å²) in [4.78, 5) is 16.7. The summed E-state index contributed by atoms with van der Waals surface area (Å²) in [6.07, 6.45) is 3.72. The second-order valence-corrected chi connectivity index (χ2v) is 8.20. The summed E-state index contributed by atoms with van der Waals surface area (Å²) in [5, 5.41) is 21.1. The largest absolute Gasteiger partial charge is 0.508 e. The number of phenolic OH excluding ortho intramolecular Hbond substituents is 1. The molecule has 7 nitrogen and oxygen atoms in total. The van der Waals surface area contributed by atoms with Gasteiger partial charge in [0.15, 0.2) is 0 Å². The molecule has 36 heavy (non-hydrogen) atoms. The molecule has 7 heteroatoms. The van der Waals surface area contributed by atoms with Crippen LogP contribution >= 0.6 is 0 Å². The van der Waals surface area contributed by atoms with Crippen LogP contribution in [0.25, 0.3) is 28.1 Å². The smallest absolute Gasteiger partial charge is 0.251 e. The summed E-state index contributed by atoms with van der Waals surface area (Å²) < 4.78 is 1.83. The number of phenols is 1. The molecule has 0 spiro atoms. The molecule has 0 radical (unpaired) electrons. The molecule has 2 heterocycles. The zero-order valence-corrected chi connectivity index (χ0v) is 19.5. The Morgan fingerprint density at radius 1 is 0.833 bits per heavy atom. The van der Waals surface area contributed by atoms with E-state index in [4.69, 9.17) is 5.10 Å². The zero-order valence-electron chi connectivity index (χ0n) is 19.5. The number of nitrogens with zero attached hydrogens (tertiary/aromatic N) is 3. The third kappa shape index (κ3) is 5.26. The molecule has 2 aromatic heterocycles. The quantitative estimate of drug-likeness (QED) is 0.270. The zero-order chi connectivity index (χ0) is 24.7. The minimum atomic E-state index is -0.108. The van der Waals surface area contributed by atoms with Gasteiger partial charge in [-0.05, 0) is 54.1 Å². The van der Waals surface area contributed by atoms with E-state index < -0.39 is 0 Å². The summed E-state index contributed by atoms with van der Waals surface area (Å²) in [6.45, 7) is 0.984. The summed E-state index contributed by atoms with van der Waals surface area (Å²) in [5.74, 6) is 0.765. The molecule has 0 aliphatic rings. The van der Waals surface area contributed by atoms with Gasteiger partial charge >= 0.3 is 0 Å². The topological polar surface area (TPSA) is 92.1 Å². The third-order valence-electron chi connectivity index (χ3n) is 5.68. The average Bonchev–Trinajstić information content (AvgIpc) is 3.38. The Balaban J connectivity index is 1.36. The van der Waals surface area contributed by atoms with Crippen LogP contribution in [-0.2, 0) is 0 Å². The van der Waals surface area contributed by atoms with E-state index in [9.17, 15) is 9.90 Å². The molecule has 0 atom stereocenters. The summed E-state index contributed by atoms with van der Waals surface area (Å²) >= 11 is 0. The van der Waals surface area contributed by atoms with Crippen molar-refractivity contribution in [1.29, 1.82) is 0 Å². The van der Waals surface area contributed by atoms with Gasteiger partial charge in [0, 0.05) is 42.2 Å². The van der Waals surface area contributed by atoms with Crippen LogP contribution in [0.5, 0.6) is 5.75 Å². The number of nitrogens with one attached hydrogen (secondary N) is 2. The van der Waals surface area contributed by atoms with Gasteiger partial charge in [-0.2, -0.15) is 5.10 Å². The maximum atomic E-state index is 12.2. The van der Waals surface area contributed by atoms with Crippen LogP contribution in [0.2, 0.25) is 0 Å². The van der Waals surface area contributed by atoms with E-state index in [0.717, 1.165) is 28.1 Å². The highest BCUT2D eigenvalue weighted by Crippen LogP contribution is 2.34. The highest BCUT2D eigenvalue weighted by atomic mass is 16.3. The molecule has 0 saturated carbocycles. The lowest BCUT2D eigenvalue weighted by atomic mass is 10.0. The Bertz CT molecular complexity index is 1470. The van der Waals surface area contributed by atoms with Crippen LogP contribution in [0.3, 0.4) is 0 Å². The Labute approximate surface area is 209 Å². The van der Waals surface area contributed by atoms with E-state index >= 15 is 0 Å². The first kappa shape index (κ1) is 22.9. The molecule has 0 bridgehead atoms. The molecule has 5 aromatic rings. The molecule has 0 aliphatic heterocycles. The molecule has 0 aliphatic carbocycles. The number of amides is 1. The van der Waals surface area contributed by atoms with Crippen LogP contribution in [-0.4, -0.2) is 38.9 Å². The number of carbonyl (C=O) groups excluding carboxylic acids is 1. The van der Waals surface area contributed by atoms with E-state index in [0.29, 0.717) is 24.5 Å². The van der Waals surface area contributed by atoms with Crippen molar-refractivity contribution in [3.8, 4) is 33.8 Å². The predicted molar refractivity (Wildman–Crippen MR) is 141 cm³/mol. The molecule has 0 saturated heterocycles. The van der Waals surface area contributed by atoms with E-state index in [-0.39, 0.29) is 11.7 Å². The van der Waals surface area contributed by atoms with Gasteiger partial charge in [0.1, 0.15) is 17.3 Å². The normalized spacial score (nSPS) is 10.7. The Morgan fingerprint density at radius 2 is 1.61 bits per heavy atom. The Hall–Kier alpha value is -4.91. The number of benzene rings is 3. The van der Waals surface area contributed by atoms with E-state index in [1.54, 1.807) is 36.5 Å². The van der Waals surface area contributed by atoms with Crippen molar-refractivity contribution in [2.75, 3.05) is 18.4 Å². The van der Waals surface area contributed by atoms with Crippen molar-refractivity contribution in [3.63, 3.8) is 0 Å². The van der Waals surface area contributed by atoms with Crippen molar-refractivity contribution < 1.29 is 9.90 Å². The minimum Gasteiger partial charge on any atom is -0.508 e. The number of hydrogen-bond acceptors (Lipinski definition) is 5. The van der Waals surface area contributed by atoms with Crippen molar-refractivity contribution in [2.24, 2.45) is 0 Å². The number of aromatic nitrogens is 3. The molecule has 178 valence electrons. The lowest BCUT2D eigenvalue weighted by Crippen LogP contribution is -2.28. The standard InChI is InChI=1S/C29H25N5O2/c35-25-13-7-10-23(18-25)28-26(20-34(33-28)24-11-5-2-6-12-24)22-14-15-30-27(19-22)31-16-17-32-29(36)21-8-3-1-4-9-21/h1-15,18-20,35H,16-17H2,(H,30,31)(H,32,36). The van der Waals surface area contributed by atoms with Crippen LogP contribution in [0, 0.1) is 0 Å². The van der Waals surface area contributed by atoms with Gasteiger partial charge in [0.25, 0.3) is 5.91 Å². The molecule has 3 N–H and O–H groups in total. The third-order valence-corrected chi connectivity index (χ3v) is 5.68. The van der Waals surface area contributed by atoms with E-state index in [1.807, 2.05) is 77.6 Å². The van der Waals surface area contributed by atoms with Gasteiger partial charge in [0.2, 0.25) is 0 Å². The van der Waals surface area contributed by atoms with Crippen LogP contribution in [0.4, 0.5) is 5.82 Å². The van der Waals surface area contributed by atoms with Gasteiger partial charge in [-0.3, -0.25) is 4.79 Å². The monoisotopic (exact) mass is 475 g/mol. The molecular weight excluding hydrogens is 450 g/mol. The van der Waals surface area contributed by atoms with Gasteiger partial charge in [-0.1, -0.05) is 48.5 Å². The number of rotatable bonds is 8. The molecular formula is C29H25N5O2. The maximum Gasteiger partial charge on any atom is 0.251 e. The second kappa shape index (κ2) is 10.6. The van der Waals surface area contributed by atoms with Gasteiger partial charge in [-0.15, -0.1) is 0 Å². The van der Waals surface area contributed by atoms with Gasteiger partial charge < -0.3 is 15.7 Å². The lowest BCUT2D eigenvalue weighted by Gasteiger charge is -2.09. The van der Waals surface area contributed by atoms with Gasteiger partial charge in [0.05, 0.1) is 5.69 Å². The first-order chi connectivity index (χ1) is 17.7. The molecule has 1 amide bonds. The van der Waals surface area contributed by atoms with Crippen molar-refractivity contribution in [2.45, 2.75) is 0 Å². The highest BCUT2D eigenvalue weighted by Gasteiger charge is 2.15. The number of pyridine rings is 1. The van der Waals surface area contributed by atoms with Gasteiger partial charge in [-0.25, -0.2) is 9.67 Å². The van der Waals surface area contributed by atoms with Crippen LogP contribution in [0.1, 0.15) is 10.4 Å². The molecule has 3 aromatic carbocycles. The maximum absolute atomic E-state index is 12.2. The number of aromatic hydroxyl groups is 1. The van der Waals surface area contributed by atoms with E-state index in [1.165, 1.54) is 0 Å². The molecule has 0 fully saturated rings. The minimum absolute atomic E-state index is 0.108. The fourth-order valence-corrected chi connectivity index (χ4v) is 3.92. The fourth-order valence-electron chi connectivity index (χ4n) is 3.92. The molecule has 0 unspecified atom stereocenters.